The van der Waals surface area contributed by atoms with E-state index in [2.05, 4.69) is 22.2 Å². The number of urea groups is 1. The fraction of sp³-hybridized carbons (Fsp3) is 0.280. The first-order valence-corrected chi connectivity index (χ1v) is 10.8. The summed E-state index contributed by atoms with van der Waals surface area (Å²) in [5.74, 6) is -0.538. The molecule has 33 heavy (non-hydrogen) atoms. The molecule has 2 aliphatic rings. The van der Waals surface area contributed by atoms with Crippen molar-refractivity contribution in [1.82, 2.24) is 25.4 Å². The fourth-order valence-corrected chi connectivity index (χ4v) is 4.30. The van der Waals surface area contributed by atoms with Crippen LogP contribution >= 0.6 is 0 Å². The first-order chi connectivity index (χ1) is 15.9. The summed E-state index contributed by atoms with van der Waals surface area (Å²) < 4.78 is 0. The molecule has 1 aromatic heterocycles. The minimum absolute atomic E-state index is 0.103. The smallest absolute Gasteiger partial charge is 0.322 e. The Morgan fingerprint density at radius 2 is 2.09 bits per heavy atom. The highest BCUT2D eigenvalue weighted by Crippen LogP contribution is 2.37. The second-order valence-corrected chi connectivity index (χ2v) is 8.26. The van der Waals surface area contributed by atoms with Crippen molar-refractivity contribution >= 4 is 17.8 Å². The zero-order valence-electron chi connectivity index (χ0n) is 18.8. The largest absolute Gasteiger partial charge is 0.349 e. The number of amides is 4. The van der Waals surface area contributed by atoms with E-state index >= 15 is 0 Å². The van der Waals surface area contributed by atoms with Crippen molar-refractivity contribution in [3.8, 4) is 0 Å². The summed E-state index contributed by atoms with van der Waals surface area (Å²) in [5, 5.41) is 5.78. The lowest BCUT2D eigenvalue weighted by Gasteiger charge is -2.33. The Labute approximate surface area is 193 Å². The lowest BCUT2D eigenvalue weighted by Crippen LogP contribution is -2.47. The summed E-state index contributed by atoms with van der Waals surface area (Å²) in [6, 6.07) is 10.6. The first kappa shape index (κ1) is 22.3. The number of carbonyl (C=O) groups is 3. The maximum absolute atomic E-state index is 13.4. The van der Waals surface area contributed by atoms with E-state index in [0.717, 1.165) is 22.4 Å². The summed E-state index contributed by atoms with van der Waals surface area (Å²) in [5.41, 5.74) is 4.81. The molecule has 1 atom stereocenters. The summed E-state index contributed by atoms with van der Waals surface area (Å²) in [6.07, 6.45) is 3.28. The normalized spacial score (nSPS) is 17.7. The van der Waals surface area contributed by atoms with Crippen molar-refractivity contribution in [3.05, 3.63) is 88.9 Å². The molecular weight excluding hydrogens is 418 g/mol. The topological polar surface area (TPSA) is 94.6 Å². The summed E-state index contributed by atoms with van der Waals surface area (Å²) >= 11 is 0. The van der Waals surface area contributed by atoms with Crippen LogP contribution in [-0.4, -0.2) is 52.3 Å². The third kappa shape index (κ3) is 4.50. The van der Waals surface area contributed by atoms with Crippen LogP contribution in [0.2, 0.25) is 0 Å². The van der Waals surface area contributed by atoms with Gasteiger partial charge >= 0.3 is 6.03 Å². The van der Waals surface area contributed by atoms with Gasteiger partial charge < -0.3 is 15.5 Å². The number of rotatable bonds is 7. The highest BCUT2D eigenvalue weighted by molar-refractivity contribution is 6.03. The highest BCUT2D eigenvalue weighted by atomic mass is 16.2. The maximum atomic E-state index is 13.4. The van der Waals surface area contributed by atoms with E-state index in [1.807, 2.05) is 44.2 Å². The van der Waals surface area contributed by atoms with Gasteiger partial charge in [0.2, 0.25) is 5.91 Å². The van der Waals surface area contributed by atoms with Crippen LogP contribution in [-0.2, 0) is 16.1 Å². The summed E-state index contributed by atoms with van der Waals surface area (Å²) in [6.45, 7) is 8.34. The highest BCUT2D eigenvalue weighted by Gasteiger charge is 2.44. The standard InChI is InChI=1S/C25H27N5O3/c1-4-11-30-20-14-29(15-21(31)27-13-18-7-5-6-10-26-18)24(32)22(20)23(28-25(30)33)19-9-8-16(2)12-17(19)3/h4-10,12,23H,1,11,13-15H2,2-3H3,(H,27,31)(H,28,33)/t23-/m1/s1. The lowest BCUT2D eigenvalue weighted by molar-refractivity contribution is -0.132. The van der Waals surface area contributed by atoms with Gasteiger partial charge in [-0.15, -0.1) is 6.58 Å². The molecule has 3 heterocycles. The van der Waals surface area contributed by atoms with Gasteiger partial charge in [0, 0.05) is 12.7 Å². The van der Waals surface area contributed by atoms with Gasteiger partial charge in [0.1, 0.15) is 6.54 Å². The number of nitrogens with one attached hydrogen (secondary N) is 2. The second kappa shape index (κ2) is 9.28. The number of benzene rings is 1. The van der Waals surface area contributed by atoms with Crippen molar-refractivity contribution in [2.24, 2.45) is 0 Å². The van der Waals surface area contributed by atoms with Crippen molar-refractivity contribution in [1.29, 1.82) is 0 Å². The molecule has 0 saturated carbocycles. The number of hydrogen-bond acceptors (Lipinski definition) is 4. The molecular formula is C25H27N5O3. The Hall–Kier alpha value is -3.94. The molecule has 0 aliphatic carbocycles. The number of hydrogen-bond donors (Lipinski definition) is 2. The predicted octanol–water partition coefficient (Wildman–Crippen LogP) is 2.36. The average molecular weight is 446 g/mol. The molecule has 0 spiro atoms. The fourth-order valence-electron chi connectivity index (χ4n) is 4.30. The summed E-state index contributed by atoms with van der Waals surface area (Å²) in [4.78, 5) is 46.1. The van der Waals surface area contributed by atoms with Gasteiger partial charge in [-0.3, -0.25) is 19.5 Å². The monoisotopic (exact) mass is 445 g/mol. The predicted molar refractivity (Wildman–Crippen MR) is 124 cm³/mol. The molecule has 1 aromatic carbocycles. The Morgan fingerprint density at radius 3 is 2.79 bits per heavy atom. The Kier molecular flexibility index (Phi) is 6.26. The number of aromatic nitrogens is 1. The van der Waals surface area contributed by atoms with Gasteiger partial charge in [-0.05, 0) is 37.1 Å². The van der Waals surface area contributed by atoms with Crippen LogP contribution in [0.25, 0.3) is 0 Å². The average Bonchev–Trinajstić information content (AvgIpc) is 3.11. The molecule has 8 nitrogen and oxygen atoms in total. The Balaban J connectivity index is 1.57. The molecule has 0 fully saturated rings. The van der Waals surface area contributed by atoms with Crippen molar-refractivity contribution < 1.29 is 14.4 Å². The molecule has 4 rings (SSSR count). The number of aryl methyl sites for hydroxylation is 2. The van der Waals surface area contributed by atoms with Gasteiger partial charge in [-0.25, -0.2) is 4.79 Å². The van der Waals surface area contributed by atoms with Crippen LogP contribution in [0.1, 0.15) is 28.4 Å². The third-order valence-corrected chi connectivity index (χ3v) is 5.87. The molecule has 0 saturated heterocycles. The van der Waals surface area contributed by atoms with E-state index in [-0.39, 0.29) is 44.0 Å². The van der Waals surface area contributed by atoms with E-state index in [0.29, 0.717) is 11.3 Å². The lowest BCUT2D eigenvalue weighted by atomic mass is 9.91. The molecule has 0 radical (unpaired) electrons. The van der Waals surface area contributed by atoms with Crippen LogP contribution in [0.5, 0.6) is 0 Å². The number of pyridine rings is 1. The maximum Gasteiger partial charge on any atom is 0.322 e. The van der Waals surface area contributed by atoms with E-state index in [1.165, 1.54) is 9.80 Å². The zero-order chi connectivity index (χ0) is 23.5. The van der Waals surface area contributed by atoms with Crippen LogP contribution in [0.15, 0.2) is 66.5 Å². The van der Waals surface area contributed by atoms with Crippen LogP contribution in [0.4, 0.5) is 4.79 Å². The van der Waals surface area contributed by atoms with E-state index in [9.17, 15) is 14.4 Å². The minimum atomic E-state index is -0.566. The molecule has 2 aliphatic heterocycles. The Morgan fingerprint density at radius 1 is 1.27 bits per heavy atom. The van der Waals surface area contributed by atoms with Gasteiger partial charge in [0.15, 0.2) is 0 Å². The number of nitrogens with zero attached hydrogens (tertiary/aromatic N) is 3. The van der Waals surface area contributed by atoms with Crippen LogP contribution in [0, 0.1) is 13.8 Å². The van der Waals surface area contributed by atoms with Crippen LogP contribution in [0.3, 0.4) is 0 Å². The van der Waals surface area contributed by atoms with Gasteiger partial charge in [-0.2, -0.15) is 0 Å². The quantitative estimate of drug-likeness (QED) is 0.640. The summed E-state index contributed by atoms with van der Waals surface area (Å²) in [7, 11) is 0. The second-order valence-electron chi connectivity index (χ2n) is 8.26. The molecule has 8 heteroatoms. The SMILES string of the molecule is C=CCN1C(=O)N[C@H](c2ccc(C)cc2C)C2=C1CN(CC(=O)NCc1ccccn1)C2=O. The first-order valence-electron chi connectivity index (χ1n) is 10.8. The number of carbonyl (C=O) groups excluding carboxylic acids is 3. The van der Waals surface area contributed by atoms with Crippen molar-refractivity contribution in [2.45, 2.75) is 26.4 Å². The van der Waals surface area contributed by atoms with E-state index in [4.69, 9.17) is 0 Å². The van der Waals surface area contributed by atoms with E-state index in [1.54, 1.807) is 18.3 Å². The molecule has 2 N–H and O–H groups in total. The van der Waals surface area contributed by atoms with Crippen LogP contribution < -0.4 is 10.6 Å². The molecule has 0 bridgehead atoms. The third-order valence-electron chi connectivity index (χ3n) is 5.87. The van der Waals surface area contributed by atoms with Gasteiger partial charge in [0.05, 0.1) is 36.1 Å². The molecule has 2 aromatic rings. The van der Waals surface area contributed by atoms with Gasteiger partial charge in [-0.1, -0.05) is 35.9 Å². The van der Waals surface area contributed by atoms with E-state index < -0.39 is 6.04 Å². The minimum Gasteiger partial charge on any atom is -0.349 e. The molecule has 170 valence electrons. The zero-order valence-corrected chi connectivity index (χ0v) is 18.8. The van der Waals surface area contributed by atoms with Gasteiger partial charge in [0.25, 0.3) is 5.91 Å². The molecule has 0 unspecified atom stereocenters. The van der Waals surface area contributed by atoms with Crippen molar-refractivity contribution in [2.75, 3.05) is 19.6 Å². The Bertz CT molecular complexity index is 1140. The van der Waals surface area contributed by atoms with Crippen molar-refractivity contribution in [3.63, 3.8) is 0 Å². The molecule has 4 amide bonds.